The van der Waals surface area contributed by atoms with Crippen LogP contribution in [0.3, 0.4) is 0 Å². The number of hydrogen-bond donors (Lipinski definition) is 3. The van der Waals surface area contributed by atoms with Crippen molar-refractivity contribution in [3.63, 3.8) is 0 Å². The Balaban J connectivity index is 1.98. The third-order valence-corrected chi connectivity index (χ3v) is 3.64. The molecule has 0 aliphatic heterocycles. The van der Waals surface area contributed by atoms with Crippen molar-refractivity contribution in [2.24, 2.45) is 5.92 Å². The lowest BCUT2D eigenvalue weighted by Gasteiger charge is -2.21. The average Bonchev–Trinajstić information content (AvgIpc) is 2.38. The van der Waals surface area contributed by atoms with Crippen LogP contribution in [-0.4, -0.2) is 27.8 Å². The smallest absolute Gasteiger partial charge is 0.338 e. The minimum atomic E-state index is -1.03. The van der Waals surface area contributed by atoms with Gasteiger partial charge in [-0.05, 0) is 24.8 Å². The molecule has 0 saturated heterocycles. The number of aromatic amines is 1. The van der Waals surface area contributed by atoms with Gasteiger partial charge in [0.1, 0.15) is 10.5 Å². The number of nitrogens with one attached hydrogen (secondary N) is 2. The molecule has 1 aliphatic carbocycles. The van der Waals surface area contributed by atoms with Crippen LogP contribution in [0.25, 0.3) is 0 Å². The van der Waals surface area contributed by atoms with Crippen LogP contribution in [-0.2, 0) is 0 Å². The Labute approximate surface area is 111 Å². The van der Waals surface area contributed by atoms with E-state index in [2.05, 4.69) is 15.5 Å². The number of rotatable bonds is 4. The van der Waals surface area contributed by atoms with E-state index in [0.717, 1.165) is 6.54 Å². The fourth-order valence-electron chi connectivity index (χ4n) is 2.30. The Bertz CT molecular complexity index is 480. The van der Waals surface area contributed by atoms with E-state index in [1.54, 1.807) is 0 Å². The molecule has 1 aromatic heterocycles. The molecule has 0 atom stereocenters. The molecule has 2 rings (SSSR count). The zero-order chi connectivity index (χ0) is 13.0. The van der Waals surface area contributed by atoms with Gasteiger partial charge in [0.25, 0.3) is 0 Å². The molecule has 1 heterocycles. The molecular formula is C12H17N3O2S. The van der Waals surface area contributed by atoms with E-state index in [9.17, 15) is 4.79 Å². The molecule has 0 bridgehead atoms. The monoisotopic (exact) mass is 267 g/mol. The molecule has 1 fully saturated rings. The lowest BCUT2D eigenvalue weighted by molar-refractivity contribution is 0.0695. The third-order valence-electron chi connectivity index (χ3n) is 3.33. The highest BCUT2D eigenvalue weighted by atomic mass is 32.1. The van der Waals surface area contributed by atoms with Crippen LogP contribution in [0.2, 0.25) is 0 Å². The average molecular weight is 267 g/mol. The number of aromatic nitrogens is 2. The van der Waals surface area contributed by atoms with Crippen molar-refractivity contribution < 1.29 is 9.90 Å². The zero-order valence-electron chi connectivity index (χ0n) is 10.1. The summed E-state index contributed by atoms with van der Waals surface area (Å²) in [7, 11) is 0. The molecule has 1 aliphatic rings. The summed E-state index contributed by atoms with van der Waals surface area (Å²) in [6.07, 6.45) is 6.38. The van der Waals surface area contributed by atoms with E-state index in [1.165, 1.54) is 38.2 Å². The van der Waals surface area contributed by atoms with Gasteiger partial charge in [-0.25, -0.2) is 4.79 Å². The number of carboxylic acids is 1. The van der Waals surface area contributed by atoms with Crippen molar-refractivity contribution in [1.82, 2.24) is 10.2 Å². The second kappa shape index (κ2) is 5.95. The lowest BCUT2D eigenvalue weighted by Crippen LogP contribution is -2.18. The second-order valence-electron chi connectivity index (χ2n) is 4.69. The van der Waals surface area contributed by atoms with Gasteiger partial charge >= 0.3 is 5.97 Å². The predicted octanol–water partition coefficient (Wildman–Crippen LogP) is 2.83. The molecule has 0 radical (unpaired) electrons. The first-order valence-electron chi connectivity index (χ1n) is 6.23. The van der Waals surface area contributed by atoms with E-state index in [1.807, 2.05) is 0 Å². The molecular weight excluding hydrogens is 250 g/mol. The maximum absolute atomic E-state index is 10.9. The van der Waals surface area contributed by atoms with Crippen molar-refractivity contribution in [3.05, 3.63) is 16.3 Å². The standard InChI is InChI=1S/C12H17N3O2S/c16-12(17)9-6-10(14-15-11(9)18)13-7-8-4-2-1-3-5-8/h6,8H,1-5,7H2,(H,13,14)(H,15,18)(H,16,17). The SMILES string of the molecule is O=C(O)c1cc(NCC2CCCCC2)n[nH]c1=S. The number of H-pyrrole nitrogens is 1. The third kappa shape index (κ3) is 3.29. The molecule has 1 aromatic rings. The van der Waals surface area contributed by atoms with Crippen molar-refractivity contribution in [1.29, 1.82) is 0 Å². The quantitative estimate of drug-likeness (QED) is 0.731. The van der Waals surface area contributed by atoms with E-state index in [-0.39, 0.29) is 10.2 Å². The second-order valence-corrected chi connectivity index (χ2v) is 5.09. The first kappa shape index (κ1) is 13.0. The maximum Gasteiger partial charge on any atom is 0.338 e. The Morgan fingerprint density at radius 1 is 1.50 bits per heavy atom. The minimum absolute atomic E-state index is 0.0890. The van der Waals surface area contributed by atoms with Gasteiger partial charge in [0.2, 0.25) is 0 Å². The van der Waals surface area contributed by atoms with E-state index >= 15 is 0 Å². The van der Waals surface area contributed by atoms with Crippen LogP contribution in [0.1, 0.15) is 42.5 Å². The summed E-state index contributed by atoms with van der Waals surface area (Å²) in [5, 5.41) is 18.7. The van der Waals surface area contributed by atoms with Crippen molar-refractivity contribution in [2.75, 3.05) is 11.9 Å². The molecule has 1 saturated carbocycles. The Hall–Kier alpha value is -1.43. The van der Waals surface area contributed by atoms with Gasteiger partial charge in [0, 0.05) is 6.54 Å². The van der Waals surface area contributed by atoms with Gasteiger partial charge < -0.3 is 10.4 Å². The first-order chi connectivity index (χ1) is 8.66. The summed E-state index contributed by atoms with van der Waals surface area (Å²) in [6, 6.07) is 1.49. The Morgan fingerprint density at radius 2 is 2.22 bits per heavy atom. The van der Waals surface area contributed by atoms with E-state index in [4.69, 9.17) is 17.3 Å². The number of hydrogen-bond acceptors (Lipinski definition) is 4. The van der Waals surface area contributed by atoms with E-state index < -0.39 is 5.97 Å². The molecule has 0 aromatic carbocycles. The fourth-order valence-corrected chi connectivity index (χ4v) is 2.49. The van der Waals surface area contributed by atoms with Crippen molar-refractivity contribution >= 4 is 24.0 Å². The van der Waals surface area contributed by atoms with Gasteiger partial charge in [0.15, 0.2) is 0 Å². The molecule has 6 heteroatoms. The summed E-state index contributed by atoms with van der Waals surface area (Å²) >= 11 is 4.87. The summed E-state index contributed by atoms with van der Waals surface area (Å²) in [6.45, 7) is 0.844. The summed E-state index contributed by atoms with van der Waals surface area (Å²) in [5.41, 5.74) is 0.0890. The highest BCUT2D eigenvalue weighted by Gasteiger charge is 2.14. The van der Waals surface area contributed by atoms with Gasteiger partial charge in [-0.3, -0.25) is 5.10 Å². The van der Waals surface area contributed by atoms with Crippen LogP contribution in [0.4, 0.5) is 5.82 Å². The first-order valence-corrected chi connectivity index (χ1v) is 6.64. The maximum atomic E-state index is 10.9. The zero-order valence-corrected chi connectivity index (χ0v) is 10.9. The van der Waals surface area contributed by atoms with Crippen LogP contribution >= 0.6 is 12.2 Å². The van der Waals surface area contributed by atoms with Crippen LogP contribution in [0.5, 0.6) is 0 Å². The fraction of sp³-hybridized carbons (Fsp3) is 0.583. The normalized spacial score (nSPS) is 16.4. The topological polar surface area (TPSA) is 78.0 Å². The highest BCUT2D eigenvalue weighted by Crippen LogP contribution is 2.23. The largest absolute Gasteiger partial charge is 0.478 e. The van der Waals surface area contributed by atoms with Gasteiger partial charge in [-0.2, -0.15) is 5.10 Å². The van der Waals surface area contributed by atoms with Crippen LogP contribution in [0.15, 0.2) is 6.07 Å². The number of carboxylic acid groups (broad SMARTS) is 1. The van der Waals surface area contributed by atoms with Gasteiger partial charge in [-0.1, -0.05) is 31.5 Å². The Kier molecular flexibility index (Phi) is 4.30. The van der Waals surface area contributed by atoms with Crippen molar-refractivity contribution in [3.8, 4) is 0 Å². The molecule has 5 nitrogen and oxygen atoms in total. The number of anilines is 1. The number of carbonyl (C=O) groups is 1. The summed E-state index contributed by atoms with van der Waals surface area (Å²) in [4.78, 5) is 10.9. The predicted molar refractivity (Wildman–Crippen MR) is 71.4 cm³/mol. The summed E-state index contributed by atoms with van der Waals surface area (Å²) in [5.74, 6) is 0.183. The number of aromatic carboxylic acids is 1. The lowest BCUT2D eigenvalue weighted by atomic mass is 9.89. The van der Waals surface area contributed by atoms with Gasteiger partial charge in [-0.15, -0.1) is 0 Å². The molecule has 18 heavy (non-hydrogen) atoms. The van der Waals surface area contributed by atoms with Crippen molar-refractivity contribution in [2.45, 2.75) is 32.1 Å². The molecule has 98 valence electrons. The van der Waals surface area contributed by atoms with E-state index in [0.29, 0.717) is 11.7 Å². The highest BCUT2D eigenvalue weighted by molar-refractivity contribution is 7.71. The number of nitrogens with zero attached hydrogens (tertiary/aromatic N) is 1. The molecule has 3 N–H and O–H groups in total. The summed E-state index contributed by atoms with van der Waals surface area (Å²) < 4.78 is 0.158. The minimum Gasteiger partial charge on any atom is -0.478 e. The van der Waals surface area contributed by atoms with Crippen LogP contribution < -0.4 is 5.32 Å². The van der Waals surface area contributed by atoms with Crippen LogP contribution in [0, 0.1) is 10.6 Å². The van der Waals surface area contributed by atoms with Gasteiger partial charge in [0.05, 0.1) is 5.56 Å². The molecule has 0 unspecified atom stereocenters. The molecule has 0 amide bonds. The molecule has 0 spiro atoms. The Morgan fingerprint density at radius 3 is 2.89 bits per heavy atom.